The lowest BCUT2D eigenvalue weighted by molar-refractivity contribution is 0.250. The van der Waals surface area contributed by atoms with Crippen molar-refractivity contribution >= 4 is 22.5 Å². The van der Waals surface area contributed by atoms with Crippen molar-refractivity contribution in [3.8, 4) is 0 Å². The molecule has 22 heavy (non-hydrogen) atoms. The second-order valence-electron chi connectivity index (χ2n) is 4.69. The molecule has 0 unspecified atom stereocenters. The third kappa shape index (κ3) is 3.51. The fraction of sp³-hybridized carbons (Fsp3) is 0.0588. The van der Waals surface area contributed by atoms with Gasteiger partial charge in [0.25, 0.3) is 0 Å². The van der Waals surface area contributed by atoms with Crippen molar-refractivity contribution in [1.29, 1.82) is 0 Å². The fourth-order valence-electron chi connectivity index (χ4n) is 2.20. The third-order valence-corrected chi connectivity index (χ3v) is 3.88. The van der Waals surface area contributed by atoms with Gasteiger partial charge < -0.3 is 5.32 Å². The Hall–Kier alpha value is -2.66. The summed E-state index contributed by atoms with van der Waals surface area (Å²) >= 11 is 1.39. The first-order chi connectivity index (χ1) is 10.8. The normalized spacial score (nSPS) is 10.4. The maximum Gasteiger partial charge on any atom is 0.321 e. The highest BCUT2D eigenvalue weighted by Crippen LogP contribution is 2.22. The van der Waals surface area contributed by atoms with Crippen molar-refractivity contribution in [2.45, 2.75) is 6.04 Å². The molecule has 0 atom stereocenters. The fourth-order valence-corrected chi connectivity index (χ4v) is 2.72. The van der Waals surface area contributed by atoms with E-state index in [-0.39, 0.29) is 12.1 Å². The number of benzene rings is 2. The van der Waals surface area contributed by atoms with Crippen LogP contribution in [0.25, 0.3) is 0 Å². The molecule has 0 radical (unpaired) electrons. The number of carbonyl (C=O) groups excluding carboxylic acids is 1. The molecule has 2 amide bonds. The topological polar surface area (TPSA) is 54.0 Å². The van der Waals surface area contributed by atoms with Crippen LogP contribution in [0, 0.1) is 0 Å². The molecule has 5 heteroatoms. The van der Waals surface area contributed by atoms with E-state index in [0.29, 0.717) is 5.13 Å². The smallest absolute Gasteiger partial charge is 0.321 e. The summed E-state index contributed by atoms with van der Waals surface area (Å²) in [6.45, 7) is 0. The number of rotatable bonds is 4. The van der Waals surface area contributed by atoms with Gasteiger partial charge >= 0.3 is 6.03 Å². The van der Waals surface area contributed by atoms with E-state index < -0.39 is 0 Å². The molecule has 0 aliphatic carbocycles. The zero-order valence-corrected chi connectivity index (χ0v) is 12.6. The lowest BCUT2D eigenvalue weighted by Crippen LogP contribution is -2.33. The molecule has 1 aromatic heterocycles. The number of urea groups is 1. The molecule has 3 rings (SSSR count). The van der Waals surface area contributed by atoms with Crippen LogP contribution in [0.4, 0.5) is 9.93 Å². The summed E-state index contributed by atoms with van der Waals surface area (Å²) in [5.74, 6) is 0. The van der Waals surface area contributed by atoms with E-state index in [1.54, 1.807) is 6.20 Å². The largest absolute Gasteiger partial charge is 0.327 e. The van der Waals surface area contributed by atoms with E-state index in [1.807, 2.05) is 66.0 Å². The number of nitrogens with zero attached hydrogens (tertiary/aromatic N) is 1. The molecule has 0 saturated heterocycles. The molecule has 0 aliphatic heterocycles. The Morgan fingerprint density at radius 2 is 1.55 bits per heavy atom. The molecule has 4 nitrogen and oxygen atoms in total. The van der Waals surface area contributed by atoms with Gasteiger partial charge in [0, 0.05) is 11.6 Å². The Bertz CT molecular complexity index is 675. The van der Waals surface area contributed by atoms with Gasteiger partial charge in [0.2, 0.25) is 0 Å². The van der Waals surface area contributed by atoms with E-state index in [1.165, 1.54) is 11.3 Å². The van der Waals surface area contributed by atoms with Crippen LogP contribution in [0.15, 0.2) is 72.2 Å². The van der Waals surface area contributed by atoms with Gasteiger partial charge in [-0.3, -0.25) is 5.32 Å². The van der Waals surface area contributed by atoms with Crippen molar-refractivity contribution in [3.05, 3.63) is 83.4 Å². The molecule has 2 N–H and O–H groups in total. The molecule has 0 aliphatic rings. The van der Waals surface area contributed by atoms with Gasteiger partial charge in [-0.15, -0.1) is 11.3 Å². The number of thiazole rings is 1. The van der Waals surface area contributed by atoms with Gasteiger partial charge in [-0.05, 0) is 11.1 Å². The first-order valence-corrected chi connectivity index (χ1v) is 7.78. The van der Waals surface area contributed by atoms with E-state index in [4.69, 9.17) is 0 Å². The molecule has 0 saturated carbocycles. The zero-order valence-electron chi connectivity index (χ0n) is 11.8. The maximum absolute atomic E-state index is 12.2. The zero-order chi connectivity index (χ0) is 15.2. The van der Waals surface area contributed by atoms with Crippen molar-refractivity contribution in [3.63, 3.8) is 0 Å². The second kappa shape index (κ2) is 6.87. The SMILES string of the molecule is O=C(Nc1nccs1)NC(c1ccccc1)c1ccccc1. The molecular formula is C17H15N3OS. The highest BCUT2D eigenvalue weighted by atomic mass is 32.1. The van der Waals surface area contributed by atoms with Gasteiger partial charge in [0.1, 0.15) is 0 Å². The van der Waals surface area contributed by atoms with Crippen molar-refractivity contribution < 1.29 is 4.79 Å². The van der Waals surface area contributed by atoms with E-state index in [9.17, 15) is 4.79 Å². The van der Waals surface area contributed by atoms with Crippen LogP contribution >= 0.6 is 11.3 Å². The summed E-state index contributed by atoms with van der Waals surface area (Å²) in [4.78, 5) is 16.3. The monoisotopic (exact) mass is 309 g/mol. The van der Waals surface area contributed by atoms with Gasteiger partial charge in [-0.1, -0.05) is 60.7 Å². The molecule has 1 heterocycles. The summed E-state index contributed by atoms with van der Waals surface area (Å²) in [5, 5.41) is 8.16. The number of carbonyl (C=O) groups is 1. The minimum atomic E-state index is -0.271. The number of anilines is 1. The van der Waals surface area contributed by atoms with Crippen LogP contribution in [0.1, 0.15) is 17.2 Å². The Labute approximate surface area is 132 Å². The highest BCUT2D eigenvalue weighted by molar-refractivity contribution is 7.13. The highest BCUT2D eigenvalue weighted by Gasteiger charge is 2.16. The minimum absolute atomic E-state index is 0.206. The average Bonchev–Trinajstić information content (AvgIpc) is 3.07. The van der Waals surface area contributed by atoms with Gasteiger partial charge in [0.15, 0.2) is 5.13 Å². The molecule has 0 bridgehead atoms. The van der Waals surface area contributed by atoms with E-state index in [2.05, 4.69) is 15.6 Å². The molecule has 0 spiro atoms. The van der Waals surface area contributed by atoms with Gasteiger partial charge in [-0.25, -0.2) is 9.78 Å². The Morgan fingerprint density at radius 3 is 2.05 bits per heavy atom. The van der Waals surface area contributed by atoms with Crippen LogP contribution in [0.3, 0.4) is 0 Å². The predicted octanol–water partition coefficient (Wildman–Crippen LogP) is 4.05. The standard InChI is InChI=1S/C17H15N3OS/c21-16(20-17-18-11-12-22-17)19-15(13-7-3-1-4-8-13)14-9-5-2-6-10-14/h1-12,15H,(H2,18,19,20,21). The molecular weight excluding hydrogens is 294 g/mol. The Balaban J connectivity index is 1.81. The lowest BCUT2D eigenvalue weighted by atomic mass is 9.99. The first kappa shape index (κ1) is 14.3. The summed E-state index contributed by atoms with van der Waals surface area (Å²) < 4.78 is 0. The van der Waals surface area contributed by atoms with Crippen LogP contribution in [0.2, 0.25) is 0 Å². The van der Waals surface area contributed by atoms with Crippen molar-refractivity contribution in [1.82, 2.24) is 10.3 Å². The summed E-state index contributed by atoms with van der Waals surface area (Å²) in [7, 11) is 0. The molecule has 2 aromatic carbocycles. The van der Waals surface area contributed by atoms with Crippen molar-refractivity contribution in [2.75, 3.05) is 5.32 Å². The lowest BCUT2D eigenvalue weighted by Gasteiger charge is -2.19. The second-order valence-corrected chi connectivity index (χ2v) is 5.58. The molecule has 3 aromatic rings. The number of aromatic nitrogens is 1. The quantitative estimate of drug-likeness (QED) is 0.764. The average molecular weight is 309 g/mol. The number of hydrogen-bond acceptors (Lipinski definition) is 3. The van der Waals surface area contributed by atoms with Gasteiger partial charge in [0.05, 0.1) is 6.04 Å². The third-order valence-electron chi connectivity index (χ3n) is 3.19. The molecule has 0 fully saturated rings. The Morgan fingerprint density at radius 1 is 0.955 bits per heavy atom. The molecule has 110 valence electrons. The number of amides is 2. The van der Waals surface area contributed by atoms with Crippen LogP contribution in [-0.4, -0.2) is 11.0 Å². The van der Waals surface area contributed by atoms with Crippen LogP contribution < -0.4 is 10.6 Å². The van der Waals surface area contributed by atoms with Crippen molar-refractivity contribution in [2.24, 2.45) is 0 Å². The summed E-state index contributed by atoms with van der Waals surface area (Å²) in [6.07, 6.45) is 1.66. The Kier molecular flexibility index (Phi) is 4.46. The van der Waals surface area contributed by atoms with Crippen LogP contribution in [-0.2, 0) is 0 Å². The number of hydrogen-bond donors (Lipinski definition) is 2. The van der Waals surface area contributed by atoms with E-state index >= 15 is 0 Å². The summed E-state index contributed by atoms with van der Waals surface area (Å²) in [6, 6.07) is 19.3. The maximum atomic E-state index is 12.2. The minimum Gasteiger partial charge on any atom is -0.327 e. The van der Waals surface area contributed by atoms with Crippen LogP contribution in [0.5, 0.6) is 0 Å². The van der Waals surface area contributed by atoms with E-state index in [0.717, 1.165) is 11.1 Å². The first-order valence-electron chi connectivity index (χ1n) is 6.90. The number of nitrogens with one attached hydrogen (secondary N) is 2. The predicted molar refractivity (Wildman–Crippen MR) is 89.0 cm³/mol. The summed E-state index contributed by atoms with van der Waals surface area (Å²) in [5.41, 5.74) is 2.06. The van der Waals surface area contributed by atoms with Gasteiger partial charge in [-0.2, -0.15) is 0 Å².